The Morgan fingerprint density at radius 2 is 1.91 bits per heavy atom. The van der Waals surface area contributed by atoms with Crippen LogP contribution in [0.1, 0.15) is 40.3 Å². The standard InChI is InChI=1S/C26H24FN5S/c1-17-13-22(18(2)32(17)21-9-5-8-20(27)14-21)25-24(23-10-3-4-12-29-23)30-26(33)31(25)16-19-7-6-11-28-15-19/h3-15,24-25H,16H2,1-2H3,(H,30,33). The van der Waals surface area contributed by atoms with Crippen molar-refractivity contribution >= 4 is 17.3 Å². The SMILES string of the molecule is Cc1cc(C2C(c3ccccn3)NC(=S)N2Cc2cccnc2)c(C)n1-c1cccc(F)c1. The lowest BCUT2D eigenvalue weighted by Crippen LogP contribution is -2.29. The number of aryl methyl sites for hydroxylation is 1. The maximum Gasteiger partial charge on any atom is 0.170 e. The van der Waals surface area contributed by atoms with Gasteiger partial charge in [0.25, 0.3) is 0 Å². The second-order valence-corrected chi connectivity index (χ2v) is 8.64. The number of hydrogen-bond donors (Lipinski definition) is 1. The highest BCUT2D eigenvalue weighted by atomic mass is 32.1. The van der Waals surface area contributed by atoms with Crippen LogP contribution in [0.2, 0.25) is 0 Å². The molecule has 4 heterocycles. The molecule has 33 heavy (non-hydrogen) atoms. The van der Waals surface area contributed by atoms with Gasteiger partial charge in [-0.25, -0.2) is 4.39 Å². The second-order valence-electron chi connectivity index (χ2n) is 8.26. The Kier molecular flexibility index (Phi) is 5.64. The van der Waals surface area contributed by atoms with Crippen molar-refractivity contribution in [2.75, 3.05) is 0 Å². The fourth-order valence-corrected chi connectivity index (χ4v) is 5.01. The maximum atomic E-state index is 14.0. The molecule has 0 aliphatic carbocycles. The molecule has 1 aliphatic heterocycles. The number of halogens is 1. The molecule has 0 amide bonds. The minimum atomic E-state index is -0.255. The smallest absolute Gasteiger partial charge is 0.170 e. The lowest BCUT2D eigenvalue weighted by Gasteiger charge is -2.28. The van der Waals surface area contributed by atoms with E-state index < -0.39 is 0 Å². The monoisotopic (exact) mass is 457 g/mol. The van der Waals surface area contributed by atoms with Crippen LogP contribution in [-0.2, 0) is 6.54 Å². The molecule has 1 aliphatic rings. The fraction of sp³-hybridized carbons (Fsp3) is 0.192. The second kappa shape index (κ2) is 8.75. The molecule has 3 aromatic heterocycles. The van der Waals surface area contributed by atoms with Gasteiger partial charge in [-0.2, -0.15) is 0 Å². The van der Waals surface area contributed by atoms with E-state index in [1.807, 2.05) is 43.5 Å². The van der Waals surface area contributed by atoms with Crippen LogP contribution >= 0.6 is 12.2 Å². The highest BCUT2D eigenvalue weighted by molar-refractivity contribution is 7.80. The van der Waals surface area contributed by atoms with Gasteiger partial charge in [0, 0.05) is 42.2 Å². The quantitative estimate of drug-likeness (QED) is 0.418. The van der Waals surface area contributed by atoms with Gasteiger partial charge >= 0.3 is 0 Å². The molecule has 4 aromatic rings. The third-order valence-corrected chi connectivity index (χ3v) is 6.48. The van der Waals surface area contributed by atoms with Crippen LogP contribution in [0.25, 0.3) is 5.69 Å². The van der Waals surface area contributed by atoms with Crippen molar-refractivity contribution in [2.45, 2.75) is 32.5 Å². The Balaban J connectivity index is 1.62. The fourth-order valence-electron chi connectivity index (χ4n) is 4.70. The zero-order valence-corrected chi connectivity index (χ0v) is 19.3. The largest absolute Gasteiger partial charge is 0.352 e. The van der Waals surface area contributed by atoms with Crippen LogP contribution in [0.5, 0.6) is 0 Å². The van der Waals surface area contributed by atoms with E-state index in [9.17, 15) is 4.39 Å². The molecule has 2 unspecified atom stereocenters. The van der Waals surface area contributed by atoms with Crippen LogP contribution in [0, 0.1) is 19.7 Å². The van der Waals surface area contributed by atoms with E-state index in [2.05, 4.69) is 43.8 Å². The molecule has 0 bridgehead atoms. The van der Waals surface area contributed by atoms with Gasteiger partial charge in [-0.1, -0.05) is 18.2 Å². The Bertz CT molecular complexity index is 1290. The summed E-state index contributed by atoms with van der Waals surface area (Å²) in [6.45, 7) is 4.74. The third kappa shape index (κ3) is 4.00. The Morgan fingerprint density at radius 3 is 2.64 bits per heavy atom. The molecule has 2 atom stereocenters. The molecule has 0 saturated carbocycles. The van der Waals surface area contributed by atoms with E-state index in [0.29, 0.717) is 11.7 Å². The van der Waals surface area contributed by atoms with E-state index in [-0.39, 0.29) is 17.9 Å². The summed E-state index contributed by atoms with van der Waals surface area (Å²) in [6.07, 6.45) is 5.44. The Labute approximate surface area is 197 Å². The van der Waals surface area contributed by atoms with Gasteiger partial charge in [0.1, 0.15) is 5.82 Å². The molecule has 7 heteroatoms. The number of nitrogens with one attached hydrogen (secondary N) is 1. The minimum absolute atomic E-state index is 0.0823. The normalized spacial score (nSPS) is 17.9. The van der Waals surface area contributed by atoms with Crippen molar-refractivity contribution in [3.05, 3.63) is 113 Å². The molecule has 1 aromatic carbocycles. The Hall–Kier alpha value is -3.58. The van der Waals surface area contributed by atoms with Crippen molar-refractivity contribution in [2.24, 2.45) is 0 Å². The third-order valence-electron chi connectivity index (χ3n) is 6.13. The van der Waals surface area contributed by atoms with Gasteiger partial charge in [0.05, 0.1) is 17.8 Å². The molecule has 0 spiro atoms. The summed E-state index contributed by atoms with van der Waals surface area (Å²) in [5.41, 5.74) is 6.02. The van der Waals surface area contributed by atoms with E-state index in [4.69, 9.17) is 12.2 Å². The molecular weight excluding hydrogens is 433 g/mol. The maximum absolute atomic E-state index is 14.0. The number of pyridine rings is 2. The molecule has 1 saturated heterocycles. The van der Waals surface area contributed by atoms with Gasteiger partial charge in [0.15, 0.2) is 5.11 Å². The number of benzene rings is 1. The van der Waals surface area contributed by atoms with E-state index in [1.54, 1.807) is 24.5 Å². The molecule has 5 rings (SSSR count). The zero-order valence-electron chi connectivity index (χ0n) is 18.4. The van der Waals surface area contributed by atoms with Crippen molar-refractivity contribution in [3.8, 4) is 5.69 Å². The van der Waals surface area contributed by atoms with Gasteiger partial charge in [0.2, 0.25) is 0 Å². The van der Waals surface area contributed by atoms with Crippen molar-refractivity contribution < 1.29 is 4.39 Å². The van der Waals surface area contributed by atoms with Crippen LogP contribution < -0.4 is 5.32 Å². The predicted molar refractivity (Wildman–Crippen MR) is 130 cm³/mol. The van der Waals surface area contributed by atoms with Crippen molar-refractivity contribution in [1.82, 2.24) is 24.8 Å². The first-order valence-corrected chi connectivity index (χ1v) is 11.3. The zero-order chi connectivity index (χ0) is 22.9. The number of aromatic nitrogens is 3. The number of hydrogen-bond acceptors (Lipinski definition) is 3. The van der Waals surface area contributed by atoms with E-state index in [0.717, 1.165) is 33.9 Å². The lowest BCUT2D eigenvalue weighted by molar-refractivity contribution is 0.310. The molecule has 1 N–H and O–H groups in total. The molecular formula is C26H24FN5S. The summed E-state index contributed by atoms with van der Waals surface area (Å²) in [7, 11) is 0. The predicted octanol–water partition coefficient (Wildman–Crippen LogP) is 5.20. The number of thiocarbonyl (C=S) groups is 1. The topological polar surface area (TPSA) is 46.0 Å². The number of rotatable bonds is 5. The first-order chi connectivity index (χ1) is 16.0. The molecule has 0 radical (unpaired) electrons. The van der Waals surface area contributed by atoms with Gasteiger partial charge in [-0.3, -0.25) is 9.97 Å². The van der Waals surface area contributed by atoms with Crippen LogP contribution in [0.15, 0.2) is 79.3 Å². The van der Waals surface area contributed by atoms with Gasteiger partial charge in [-0.15, -0.1) is 0 Å². The highest BCUT2D eigenvalue weighted by Crippen LogP contribution is 2.42. The van der Waals surface area contributed by atoms with E-state index in [1.165, 1.54) is 6.07 Å². The lowest BCUT2D eigenvalue weighted by atomic mass is 9.96. The first kappa shape index (κ1) is 21.3. The van der Waals surface area contributed by atoms with Crippen LogP contribution in [-0.4, -0.2) is 24.5 Å². The summed E-state index contributed by atoms with van der Waals surface area (Å²) >= 11 is 5.80. The first-order valence-electron chi connectivity index (χ1n) is 10.8. The van der Waals surface area contributed by atoms with Crippen molar-refractivity contribution in [3.63, 3.8) is 0 Å². The summed E-state index contributed by atoms with van der Waals surface area (Å²) in [5.74, 6) is -0.255. The minimum Gasteiger partial charge on any atom is -0.352 e. The average molecular weight is 458 g/mol. The average Bonchev–Trinajstić information content (AvgIpc) is 3.30. The molecule has 1 fully saturated rings. The summed E-state index contributed by atoms with van der Waals surface area (Å²) in [5, 5.41) is 4.18. The summed E-state index contributed by atoms with van der Waals surface area (Å²) in [6, 6.07) is 18.6. The van der Waals surface area contributed by atoms with Gasteiger partial charge < -0.3 is 14.8 Å². The van der Waals surface area contributed by atoms with Crippen LogP contribution in [0.4, 0.5) is 4.39 Å². The van der Waals surface area contributed by atoms with Crippen molar-refractivity contribution in [1.29, 1.82) is 0 Å². The van der Waals surface area contributed by atoms with Gasteiger partial charge in [-0.05, 0) is 79.7 Å². The number of nitrogens with zero attached hydrogens (tertiary/aromatic N) is 4. The summed E-state index contributed by atoms with van der Waals surface area (Å²) in [4.78, 5) is 11.1. The highest BCUT2D eigenvalue weighted by Gasteiger charge is 2.41. The molecule has 5 nitrogen and oxygen atoms in total. The summed E-state index contributed by atoms with van der Waals surface area (Å²) < 4.78 is 16.1. The van der Waals surface area contributed by atoms with E-state index >= 15 is 0 Å². The van der Waals surface area contributed by atoms with Crippen LogP contribution in [0.3, 0.4) is 0 Å². The molecule has 166 valence electrons. The Morgan fingerprint density at radius 1 is 1.03 bits per heavy atom.